The third-order valence-corrected chi connectivity index (χ3v) is 6.47. The van der Waals surface area contributed by atoms with Crippen LogP contribution in [0.5, 0.6) is 17.2 Å². The summed E-state index contributed by atoms with van der Waals surface area (Å²) in [6.07, 6.45) is 0. The second kappa shape index (κ2) is 11.1. The predicted molar refractivity (Wildman–Crippen MR) is 133 cm³/mol. The normalized spacial score (nSPS) is 16.9. The van der Waals surface area contributed by atoms with Crippen molar-refractivity contribution in [2.75, 3.05) is 34.4 Å². The van der Waals surface area contributed by atoms with Gasteiger partial charge in [0.1, 0.15) is 11.6 Å². The molecule has 0 saturated carbocycles. The Kier molecular flexibility index (Phi) is 7.73. The Balaban J connectivity index is 1.62. The van der Waals surface area contributed by atoms with Gasteiger partial charge >= 0.3 is 0 Å². The largest absolute Gasteiger partial charge is 0.497 e. The van der Waals surface area contributed by atoms with Gasteiger partial charge in [0.25, 0.3) is 5.91 Å². The Morgan fingerprint density at radius 2 is 1.69 bits per heavy atom. The molecule has 1 heterocycles. The topological polar surface area (TPSA) is 77.1 Å². The van der Waals surface area contributed by atoms with E-state index < -0.39 is 5.92 Å². The third kappa shape index (κ3) is 5.27. The number of methoxy groups -OCH3 is 3. The molecule has 0 aliphatic carbocycles. The number of rotatable bonds is 8. The summed E-state index contributed by atoms with van der Waals surface area (Å²) >= 11 is 0. The number of carbonyl (C=O) groups is 2. The van der Waals surface area contributed by atoms with Gasteiger partial charge in [-0.15, -0.1) is 0 Å². The van der Waals surface area contributed by atoms with Gasteiger partial charge in [-0.05, 0) is 42.0 Å². The lowest BCUT2D eigenvalue weighted by Crippen LogP contribution is -2.35. The minimum atomic E-state index is -0.527. The van der Waals surface area contributed by atoms with Crippen LogP contribution in [0.25, 0.3) is 0 Å². The fourth-order valence-electron chi connectivity index (χ4n) is 4.62. The number of likely N-dealkylation sites (tertiary alicyclic amines) is 1. The summed E-state index contributed by atoms with van der Waals surface area (Å²) in [5.41, 5.74) is 2.06. The van der Waals surface area contributed by atoms with E-state index in [9.17, 15) is 14.0 Å². The first-order valence-corrected chi connectivity index (χ1v) is 11.6. The predicted octanol–water partition coefficient (Wildman–Crippen LogP) is 4.02. The van der Waals surface area contributed by atoms with Crippen molar-refractivity contribution < 1.29 is 28.2 Å². The van der Waals surface area contributed by atoms with Gasteiger partial charge in [-0.25, -0.2) is 4.39 Å². The summed E-state index contributed by atoms with van der Waals surface area (Å²) in [7, 11) is 4.66. The van der Waals surface area contributed by atoms with E-state index in [1.807, 2.05) is 12.1 Å². The molecule has 1 fully saturated rings. The van der Waals surface area contributed by atoms with Crippen LogP contribution in [0, 0.1) is 11.7 Å². The van der Waals surface area contributed by atoms with E-state index in [0.717, 1.165) is 11.1 Å². The van der Waals surface area contributed by atoms with Gasteiger partial charge in [-0.1, -0.05) is 30.3 Å². The lowest BCUT2D eigenvalue weighted by molar-refractivity contribution is -0.125. The van der Waals surface area contributed by atoms with E-state index in [1.165, 1.54) is 12.1 Å². The molecule has 3 aromatic rings. The highest BCUT2D eigenvalue weighted by atomic mass is 19.1. The zero-order valence-corrected chi connectivity index (χ0v) is 20.5. The molecule has 1 saturated heterocycles. The van der Waals surface area contributed by atoms with Gasteiger partial charge in [0.15, 0.2) is 11.5 Å². The van der Waals surface area contributed by atoms with Gasteiger partial charge in [0, 0.05) is 36.7 Å². The molecule has 36 heavy (non-hydrogen) atoms. The highest BCUT2D eigenvalue weighted by Gasteiger charge is 2.42. The number of halogens is 1. The van der Waals surface area contributed by atoms with Crippen LogP contribution < -0.4 is 19.5 Å². The molecule has 7 nitrogen and oxygen atoms in total. The van der Waals surface area contributed by atoms with Crippen molar-refractivity contribution in [3.63, 3.8) is 0 Å². The standard InChI is InChI=1S/C28H29FN2O5/c1-34-21-7-4-6-19(14-21)28(33)31-16-23(22-8-5-9-25(35-2)26(22)36-3)24(17-31)27(32)30-15-18-10-12-20(29)13-11-18/h4-14,23-24H,15-17H2,1-3H3,(H,30,32)/t23-,24+/m0/s1. The summed E-state index contributed by atoms with van der Waals surface area (Å²) < 4.78 is 29.6. The maximum atomic E-state index is 13.4. The smallest absolute Gasteiger partial charge is 0.254 e. The molecule has 2 atom stereocenters. The highest BCUT2D eigenvalue weighted by Crippen LogP contribution is 2.42. The summed E-state index contributed by atoms with van der Waals surface area (Å²) in [4.78, 5) is 28.5. The lowest BCUT2D eigenvalue weighted by Gasteiger charge is -2.21. The summed E-state index contributed by atoms with van der Waals surface area (Å²) in [5, 5.41) is 2.95. The van der Waals surface area contributed by atoms with Crippen molar-refractivity contribution in [3.05, 3.63) is 89.2 Å². The second-order valence-electron chi connectivity index (χ2n) is 8.58. The molecule has 0 aromatic heterocycles. The second-order valence-corrected chi connectivity index (χ2v) is 8.58. The van der Waals surface area contributed by atoms with Crippen molar-refractivity contribution in [2.24, 2.45) is 5.92 Å². The number of amides is 2. The van der Waals surface area contributed by atoms with E-state index in [0.29, 0.717) is 29.4 Å². The average Bonchev–Trinajstić information content (AvgIpc) is 3.37. The molecule has 1 aliphatic rings. The zero-order chi connectivity index (χ0) is 25.7. The number of nitrogens with one attached hydrogen (secondary N) is 1. The number of nitrogens with zero attached hydrogens (tertiary/aromatic N) is 1. The molecule has 4 rings (SSSR count). The van der Waals surface area contributed by atoms with Gasteiger partial charge in [0.05, 0.1) is 27.2 Å². The van der Waals surface area contributed by atoms with Crippen LogP contribution in [-0.4, -0.2) is 51.1 Å². The number of hydrogen-bond donors (Lipinski definition) is 1. The fourth-order valence-corrected chi connectivity index (χ4v) is 4.62. The first-order valence-electron chi connectivity index (χ1n) is 11.6. The van der Waals surface area contributed by atoms with Crippen molar-refractivity contribution in [3.8, 4) is 17.2 Å². The summed E-state index contributed by atoms with van der Waals surface area (Å²) in [6, 6.07) is 18.5. The van der Waals surface area contributed by atoms with E-state index in [2.05, 4.69) is 5.32 Å². The van der Waals surface area contributed by atoms with Crippen LogP contribution in [0.15, 0.2) is 66.7 Å². The van der Waals surface area contributed by atoms with Crippen molar-refractivity contribution in [1.82, 2.24) is 10.2 Å². The third-order valence-electron chi connectivity index (χ3n) is 6.47. The first kappa shape index (κ1) is 25.0. The quantitative estimate of drug-likeness (QED) is 0.514. The lowest BCUT2D eigenvalue weighted by atomic mass is 9.87. The molecule has 1 N–H and O–H groups in total. The number of carbonyl (C=O) groups excluding carboxylic acids is 2. The molecule has 8 heteroatoms. The molecule has 0 radical (unpaired) electrons. The zero-order valence-electron chi connectivity index (χ0n) is 20.5. The number of benzene rings is 3. The maximum absolute atomic E-state index is 13.4. The Morgan fingerprint density at radius 3 is 2.39 bits per heavy atom. The van der Waals surface area contributed by atoms with Crippen LogP contribution >= 0.6 is 0 Å². The Morgan fingerprint density at radius 1 is 0.944 bits per heavy atom. The molecule has 0 unspecified atom stereocenters. The number of ether oxygens (including phenoxy) is 3. The monoisotopic (exact) mass is 492 g/mol. The van der Waals surface area contributed by atoms with Crippen LogP contribution in [0.1, 0.15) is 27.4 Å². The van der Waals surface area contributed by atoms with Crippen molar-refractivity contribution in [2.45, 2.75) is 12.5 Å². The molecule has 3 aromatic carbocycles. The minimum absolute atomic E-state index is 0.186. The van der Waals surface area contributed by atoms with E-state index in [4.69, 9.17) is 14.2 Å². The Bertz CT molecular complexity index is 1230. The van der Waals surface area contributed by atoms with Crippen LogP contribution in [0.4, 0.5) is 4.39 Å². The first-order chi connectivity index (χ1) is 17.4. The fraction of sp³-hybridized carbons (Fsp3) is 0.286. The molecule has 0 spiro atoms. The SMILES string of the molecule is COc1cccc(C(=O)N2C[C@@H](C(=O)NCc3ccc(F)cc3)[C@H](c3cccc(OC)c3OC)C2)c1. The Hall–Kier alpha value is -4.07. The van der Waals surface area contributed by atoms with Gasteiger partial charge < -0.3 is 24.4 Å². The maximum Gasteiger partial charge on any atom is 0.254 e. The average molecular weight is 493 g/mol. The molecule has 188 valence electrons. The van der Waals surface area contributed by atoms with Gasteiger partial charge in [-0.3, -0.25) is 9.59 Å². The van der Waals surface area contributed by atoms with Crippen molar-refractivity contribution in [1.29, 1.82) is 0 Å². The van der Waals surface area contributed by atoms with Crippen LogP contribution in [0.2, 0.25) is 0 Å². The minimum Gasteiger partial charge on any atom is -0.497 e. The molecular formula is C28H29FN2O5. The van der Waals surface area contributed by atoms with E-state index in [1.54, 1.807) is 68.7 Å². The molecular weight excluding hydrogens is 463 g/mol. The van der Waals surface area contributed by atoms with E-state index in [-0.39, 0.29) is 36.6 Å². The molecule has 2 amide bonds. The van der Waals surface area contributed by atoms with Gasteiger partial charge in [-0.2, -0.15) is 0 Å². The van der Waals surface area contributed by atoms with Gasteiger partial charge in [0.2, 0.25) is 5.91 Å². The van der Waals surface area contributed by atoms with E-state index >= 15 is 0 Å². The number of hydrogen-bond acceptors (Lipinski definition) is 5. The molecule has 0 bridgehead atoms. The highest BCUT2D eigenvalue weighted by molar-refractivity contribution is 5.95. The summed E-state index contributed by atoms with van der Waals surface area (Å²) in [6.45, 7) is 0.811. The summed E-state index contributed by atoms with van der Waals surface area (Å²) in [5.74, 6) is 0.107. The van der Waals surface area contributed by atoms with Crippen LogP contribution in [0.3, 0.4) is 0 Å². The Labute approximate surface area is 209 Å². The number of para-hydroxylation sites is 1. The van der Waals surface area contributed by atoms with Crippen molar-refractivity contribution >= 4 is 11.8 Å². The van der Waals surface area contributed by atoms with Crippen LogP contribution in [-0.2, 0) is 11.3 Å². The molecule has 1 aliphatic heterocycles.